The average Bonchev–Trinajstić information content (AvgIpc) is 3.32. The van der Waals surface area contributed by atoms with Gasteiger partial charge in [-0.15, -0.1) is 0 Å². The zero-order valence-corrected chi connectivity index (χ0v) is 39.8. The van der Waals surface area contributed by atoms with Crippen molar-refractivity contribution in [2.45, 2.75) is 191 Å². The Balaban J connectivity index is 1.86. The second-order valence-corrected chi connectivity index (χ2v) is 16.7. The molecule has 5 unspecified atom stereocenters. The molecule has 2 rings (SSSR count). The maximum Gasteiger partial charge on any atom is 0.306 e. The van der Waals surface area contributed by atoms with Crippen LogP contribution in [-0.4, -0.2) is 142 Å². The van der Waals surface area contributed by atoms with Crippen molar-refractivity contribution >= 4 is 11.9 Å². The number of esters is 2. The fraction of sp³-hybridized carbons (Fsp3) is 0.654. The molecule has 2 aliphatic heterocycles. The fourth-order valence-electron chi connectivity index (χ4n) is 6.95. The number of hydrogen-bond acceptors (Lipinski definition) is 15. The first-order valence-corrected chi connectivity index (χ1v) is 24.4. The zero-order chi connectivity index (χ0) is 48.9. The van der Waals surface area contributed by atoms with Crippen LogP contribution in [0.25, 0.3) is 0 Å². The quantitative estimate of drug-likeness (QED) is 0.0213. The van der Waals surface area contributed by atoms with Gasteiger partial charge in [0.15, 0.2) is 18.7 Å². The molecule has 67 heavy (non-hydrogen) atoms. The summed E-state index contributed by atoms with van der Waals surface area (Å²) in [5.74, 6) is -1.05. The van der Waals surface area contributed by atoms with Crippen molar-refractivity contribution < 1.29 is 73.8 Å². The molecule has 0 aromatic heterocycles. The number of ether oxygens (including phenoxy) is 6. The van der Waals surface area contributed by atoms with Gasteiger partial charge in [-0.05, 0) is 51.4 Å². The maximum absolute atomic E-state index is 12.9. The molecule has 0 aliphatic carbocycles. The van der Waals surface area contributed by atoms with E-state index in [1.807, 2.05) is 54.7 Å². The Kier molecular flexibility index (Phi) is 34.0. The molecule has 15 heteroatoms. The predicted molar refractivity (Wildman–Crippen MR) is 256 cm³/mol. The smallest absolute Gasteiger partial charge is 0.306 e. The van der Waals surface area contributed by atoms with E-state index in [4.69, 9.17) is 28.4 Å². The first kappa shape index (κ1) is 59.5. The summed E-state index contributed by atoms with van der Waals surface area (Å²) in [6, 6.07) is 0. The van der Waals surface area contributed by atoms with Crippen molar-refractivity contribution in [1.82, 2.24) is 0 Å². The molecule has 2 saturated heterocycles. The Labute approximate surface area is 398 Å². The molecule has 11 atom stereocenters. The summed E-state index contributed by atoms with van der Waals surface area (Å²) >= 11 is 0. The van der Waals surface area contributed by atoms with Gasteiger partial charge in [-0.3, -0.25) is 9.59 Å². The van der Waals surface area contributed by atoms with Crippen LogP contribution in [0.1, 0.15) is 123 Å². The second-order valence-electron chi connectivity index (χ2n) is 16.7. The minimum absolute atomic E-state index is 0.0580. The Bertz CT molecular complexity index is 1530. The third kappa shape index (κ3) is 26.7. The van der Waals surface area contributed by atoms with Crippen LogP contribution in [0, 0.1) is 0 Å². The van der Waals surface area contributed by atoms with Crippen molar-refractivity contribution in [1.29, 1.82) is 0 Å². The Morgan fingerprint density at radius 1 is 0.493 bits per heavy atom. The maximum atomic E-state index is 12.9. The minimum Gasteiger partial charge on any atom is -0.462 e. The van der Waals surface area contributed by atoms with Gasteiger partial charge in [0.05, 0.1) is 19.8 Å². The van der Waals surface area contributed by atoms with Gasteiger partial charge in [-0.25, -0.2) is 0 Å². The lowest BCUT2D eigenvalue weighted by Crippen LogP contribution is -2.61. The van der Waals surface area contributed by atoms with E-state index in [2.05, 4.69) is 56.4 Å². The number of carbonyl (C=O) groups is 2. The van der Waals surface area contributed by atoms with Crippen LogP contribution in [-0.2, 0) is 38.0 Å². The summed E-state index contributed by atoms with van der Waals surface area (Å²) in [5, 5.41) is 72.0. The molecule has 2 heterocycles. The van der Waals surface area contributed by atoms with E-state index in [0.29, 0.717) is 19.3 Å². The van der Waals surface area contributed by atoms with Crippen LogP contribution in [0.2, 0.25) is 0 Å². The van der Waals surface area contributed by atoms with E-state index >= 15 is 0 Å². The summed E-state index contributed by atoms with van der Waals surface area (Å²) in [7, 11) is 0. The SMILES string of the molecule is CC/C=C/C=C/C=C/C=C/C=C/CCCC(=O)OC(COC(=O)CCCCCCC/C=C/C=C/C=C/CCCCCCC)CO[C@@H]1O[C@H](CO[C@@H]2O[C@H](CO)[C@H](O)C(O)C2O)[C@H](O)C(O)C1O. The Hall–Kier alpha value is -3.58. The fourth-order valence-corrected chi connectivity index (χ4v) is 6.95. The van der Waals surface area contributed by atoms with Gasteiger partial charge in [-0.2, -0.15) is 0 Å². The van der Waals surface area contributed by atoms with Gasteiger partial charge >= 0.3 is 11.9 Å². The van der Waals surface area contributed by atoms with Crippen LogP contribution in [0.3, 0.4) is 0 Å². The van der Waals surface area contributed by atoms with Crippen LogP contribution < -0.4 is 0 Å². The van der Waals surface area contributed by atoms with Crippen molar-refractivity contribution in [3.8, 4) is 0 Å². The predicted octanol–water partition coefficient (Wildman–Crippen LogP) is 6.20. The summed E-state index contributed by atoms with van der Waals surface area (Å²) in [4.78, 5) is 25.7. The molecular weight excluding hydrogens is 865 g/mol. The highest BCUT2D eigenvalue weighted by Crippen LogP contribution is 2.26. The second kappa shape index (κ2) is 38.3. The van der Waals surface area contributed by atoms with E-state index in [1.165, 1.54) is 32.1 Å². The number of allylic oxidation sites excluding steroid dienone is 16. The monoisotopic (exact) mass is 947 g/mol. The third-order valence-electron chi connectivity index (χ3n) is 11.0. The topological polar surface area (TPSA) is 231 Å². The van der Waals surface area contributed by atoms with E-state index in [9.17, 15) is 45.3 Å². The highest BCUT2D eigenvalue weighted by molar-refractivity contribution is 5.70. The van der Waals surface area contributed by atoms with Gasteiger partial charge in [0.2, 0.25) is 0 Å². The van der Waals surface area contributed by atoms with Crippen molar-refractivity contribution in [3.63, 3.8) is 0 Å². The Morgan fingerprint density at radius 3 is 1.52 bits per heavy atom. The average molecular weight is 947 g/mol. The van der Waals surface area contributed by atoms with Crippen LogP contribution in [0.5, 0.6) is 0 Å². The third-order valence-corrected chi connectivity index (χ3v) is 11.0. The first-order chi connectivity index (χ1) is 32.5. The minimum atomic E-state index is -1.79. The lowest BCUT2D eigenvalue weighted by molar-refractivity contribution is -0.332. The standard InChI is InChI=1S/C52H82O15/c1-3-5-7-9-11-13-15-17-18-19-20-21-23-24-26-28-30-32-34-43(54)62-37-40(65-44(55)35-33-31-29-27-25-22-16-14-12-10-8-6-4-2)38-63-51-50(61)48(59)46(57)42(67-51)39-64-52-49(60)47(58)45(56)41(36-53)66-52/h6,8,10,12,14-22,25,27,29,40-42,45-53,56-61H,3-5,7,9,11,13,23-24,26,28,30-39H2,1-2H3/b8-6+,12-10+,16-14+,17-15+,19-18+,21-20+,25-22+,29-27+/t40?,41-,42-,45+,46+,47?,48?,49?,50?,51-,52-/m1/s1. The van der Waals surface area contributed by atoms with Crippen molar-refractivity contribution in [2.75, 3.05) is 26.4 Å². The van der Waals surface area contributed by atoms with Gasteiger partial charge in [-0.1, -0.05) is 156 Å². The number of aliphatic hydroxyl groups excluding tert-OH is 7. The highest BCUT2D eigenvalue weighted by atomic mass is 16.7. The van der Waals surface area contributed by atoms with Crippen LogP contribution >= 0.6 is 0 Å². The molecule has 2 fully saturated rings. The normalized spacial score (nSPS) is 26.8. The van der Waals surface area contributed by atoms with Crippen molar-refractivity contribution in [3.05, 3.63) is 97.2 Å². The lowest BCUT2D eigenvalue weighted by Gasteiger charge is -2.42. The molecule has 0 amide bonds. The molecular formula is C52H82O15. The summed E-state index contributed by atoms with van der Waals surface area (Å²) in [5.41, 5.74) is 0. The van der Waals surface area contributed by atoms with E-state index < -0.39 is 99.3 Å². The summed E-state index contributed by atoms with van der Waals surface area (Å²) in [6.07, 6.45) is 30.2. The summed E-state index contributed by atoms with van der Waals surface area (Å²) in [6.45, 7) is 2.29. The van der Waals surface area contributed by atoms with Crippen LogP contribution in [0.15, 0.2) is 97.2 Å². The molecule has 0 bridgehead atoms. The number of aliphatic hydroxyl groups is 7. The molecule has 15 nitrogen and oxygen atoms in total. The van der Waals surface area contributed by atoms with E-state index in [0.717, 1.165) is 44.9 Å². The molecule has 0 aromatic rings. The van der Waals surface area contributed by atoms with E-state index in [1.54, 1.807) is 0 Å². The molecule has 0 radical (unpaired) electrons. The Morgan fingerprint density at radius 2 is 0.955 bits per heavy atom. The van der Waals surface area contributed by atoms with E-state index in [-0.39, 0.29) is 19.4 Å². The van der Waals surface area contributed by atoms with Gasteiger partial charge in [0.1, 0.15) is 55.4 Å². The molecule has 7 N–H and O–H groups in total. The number of unbranched alkanes of at least 4 members (excludes halogenated alkanes) is 11. The van der Waals surface area contributed by atoms with Crippen molar-refractivity contribution in [2.24, 2.45) is 0 Å². The molecule has 0 aromatic carbocycles. The number of rotatable bonds is 35. The first-order valence-electron chi connectivity index (χ1n) is 24.4. The molecule has 2 aliphatic rings. The zero-order valence-electron chi connectivity index (χ0n) is 39.8. The highest BCUT2D eigenvalue weighted by Gasteiger charge is 2.47. The molecule has 0 saturated carbocycles. The molecule has 0 spiro atoms. The number of carbonyl (C=O) groups excluding carboxylic acids is 2. The van der Waals surface area contributed by atoms with Crippen LogP contribution in [0.4, 0.5) is 0 Å². The largest absolute Gasteiger partial charge is 0.462 e. The number of hydrogen-bond donors (Lipinski definition) is 7. The van der Waals surface area contributed by atoms with Gasteiger partial charge in [0, 0.05) is 12.8 Å². The summed E-state index contributed by atoms with van der Waals surface area (Å²) < 4.78 is 33.4. The lowest BCUT2D eigenvalue weighted by atomic mass is 9.98. The van der Waals surface area contributed by atoms with Gasteiger partial charge < -0.3 is 64.2 Å². The molecule has 380 valence electrons. The van der Waals surface area contributed by atoms with Gasteiger partial charge in [0.25, 0.3) is 0 Å².